The van der Waals surface area contributed by atoms with Crippen LogP contribution in [-0.2, 0) is 11.2 Å². The van der Waals surface area contributed by atoms with Gasteiger partial charge in [-0.1, -0.05) is 31.2 Å². The number of aromatic nitrogens is 2. The summed E-state index contributed by atoms with van der Waals surface area (Å²) in [6.45, 7) is 6.02. The molecule has 2 heterocycles. The molecule has 7 heteroatoms. The molecule has 1 fully saturated rings. The van der Waals surface area contributed by atoms with Gasteiger partial charge in [0.1, 0.15) is 5.75 Å². The molecule has 0 atom stereocenters. The summed E-state index contributed by atoms with van der Waals surface area (Å²) in [6, 6.07) is 19.4. The quantitative estimate of drug-likeness (QED) is 0.618. The molecule has 0 saturated carbocycles. The molecule has 32 heavy (non-hydrogen) atoms. The van der Waals surface area contributed by atoms with Crippen molar-refractivity contribution in [3.63, 3.8) is 0 Å². The first kappa shape index (κ1) is 21.8. The second-order valence-corrected chi connectivity index (χ2v) is 7.98. The number of rotatable bonds is 7. The molecule has 3 aromatic rings. The highest BCUT2D eigenvalue weighted by Gasteiger charge is 2.16. The topological polar surface area (TPSA) is 70.6 Å². The number of likely N-dealkylation sites (N-methyl/N-ethyl adjacent to an activating group) is 1. The summed E-state index contributed by atoms with van der Waals surface area (Å²) < 4.78 is 5.59. The Morgan fingerprint density at radius 2 is 1.78 bits per heavy atom. The number of nitrogens with zero attached hydrogens (tertiary/aromatic N) is 4. The van der Waals surface area contributed by atoms with E-state index in [1.54, 1.807) is 0 Å². The van der Waals surface area contributed by atoms with Crippen molar-refractivity contribution in [3.8, 4) is 17.0 Å². The van der Waals surface area contributed by atoms with E-state index in [0.29, 0.717) is 11.4 Å². The van der Waals surface area contributed by atoms with E-state index in [-0.39, 0.29) is 12.5 Å². The normalized spacial score (nSPS) is 14.2. The number of ether oxygens (including phenoxy) is 1. The maximum atomic E-state index is 12.3. The van der Waals surface area contributed by atoms with Gasteiger partial charge in [-0.25, -0.2) is 0 Å². The van der Waals surface area contributed by atoms with Crippen molar-refractivity contribution >= 4 is 17.4 Å². The second kappa shape index (κ2) is 10.2. The second-order valence-electron chi connectivity index (χ2n) is 7.98. The SMILES string of the molecule is CCc1ccc(OCC(=O)Nc2cccc(-c3ccc(N4CCN(C)CC4)nn3)c2)cc1. The largest absolute Gasteiger partial charge is 0.484 e. The van der Waals surface area contributed by atoms with Gasteiger partial charge in [-0.2, -0.15) is 0 Å². The Morgan fingerprint density at radius 1 is 1.00 bits per heavy atom. The summed E-state index contributed by atoms with van der Waals surface area (Å²) in [5.41, 5.74) is 3.60. The molecule has 2 aromatic carbocycles. The highest BCUT2D eigenvalue weighted by Crippen LogP contribution is 2.22. The average molecular weight is 432 g/mol. The fourth-order valence-corrected chi connectivity index (χ4v) is 3.61. The maximum Gasteiger partial charge on any atom is 0.262 e. The molecule has 1 N–H and O–H groups in total. The summed E-state index contributed by atoms with van der Waals surface area (Å²) in [7, 11) is 2.13. The van der Waals surface area contributed by atoms with Crippen LogP contribution >= 0.6 is 0 Å². The molecule has 1 aromatic heterocycles. The van der Waals surface area contributed by atoms with E-state index in [2.05, 4.69) is 39.3 Å². The third-order valence-corrected chi connectivity index (χ3v) is 5.62. The molecule has 1 aliphatic rings. The Kier molecular flexibility index (Phi) is 6.97. The van der Waals surface area contributed by atoms with Gasteiger partial charge in [-0.15, -0.1) is 10.2 Å². The number of hydrogen-bond acceptors (Lipinski definition) is 6. The number of aryl methyl sites for hydroxylation is 1. The summed E-state index contributed by atoms with van der Waals surface area (Å²) in [5.74, 6) is 1.37. The minimum Gasteiger partial charge on any atom is -0.484 e. The molecule has 0 aliphatic carbocycles. The van der Waals surface area contributed by atoms with Gasteiger partial charge in [-0.05, 0) is 55.4 Å². The van der Waals surface area contributed by atoms with Crippen LogP contribution in [0.25, 0.3) is 11.3 Å². The van der Waals surface area contributed by atoms with Crippen LogP contribution in [0.15, 0.2) is 60.7 Å². The number of carbonyl (C=O) groups excluding carboxylic acids is 1. The van der Waals surface area contributed by atoms with Crippen LogP contribution in [0.2, 0.25) is 0 Å². The van der Waals surface area contributed by atoms with Gasteiger partial charge >= 0.3 is 0 Å². The van der Waals surface area contributed by atoms with Crippen LogP contribution in [0.5, 0.6) is 5.75 Å². The number of amides is 1. The summed E-state index contributed by atoms with van der Waals surface area (Å²) in [5, 5.41) is 11.7. The van der Waals surface area contributed by atoms with Crippen LogP contribution < -0.4 is 15.0 Å². The lowest BCUT2D eigenvalue weighted by atomic mass is 10.1. The van der Waals surface area contributed by atoms with Gasteiger partial charge in [0.25, 0.3) is 5.91 Å². The van der Waals surface area contributed by atoms with Crippen molar-refractivity contribution in [2.75, 3.05) is 50.1 Å². The number of nitrogens with one attached hydrogen (secondary N) is 1. The zero-order chi connectivity index (χ0) is 22.3. The molecule has 1 amide bonds. The number of benzene rings is 2. The maximum absolute atomic E-state index is 12.3. The van der Waals surface area contributed by atoms with E-state index in [4.69, 9.17) is 4.74 Å². The molecular weight excluding hydrogens is 402 g/mol. The number of piperazine rings is 1. The molecule has 7 nitrogen and oxygen atoms in total. The Balaban J connectivity index is 1.34. The molecule has 4 rings (SSSR count). The van der Waals surface area contributed by atoms with Crippen molar-refractivity contribution < 1.29 is 9.53 Å². The zero-order valence-corrected chi connectivity index (χ0v) is 18.6. The van der Waals surface area contributed by atoms with E-state index >= 15 is 0 Å². The number of carbonyl (C=O) groups is 1. The van der Waals surface area contributed by atoms with E-state index in [1.165, 1.54) is 5.56 Å². The molecule has 1 aliphatic heterocycles. The third-order valence-electron chi connectivity index (χ3n) is 5.62. The first-order valence-corrected chi connectivity index (χ1v) is 11.0. The van der Waals surface area contributed by atoms with Crippen molar-refractivity contribution in [1.82, 2.24) is 15.1 Å². The Hall–Kier alpha value is -3.45. The monoisotopic (exact) mass is 431 g/mol. The highest BCUT2D eigenvalue weighted by atomic mass is 16.5. The predicted molar refractivity (Wildman–Crippen MR) is 127 cm³/mol. The summed E-state index contributed by atoms with van der Waals surface area (Å²) in [4.78, 5) is 16.9. The van der Waals surface area contributed by atoms with Crippen LogP contribution in [-0.4, -0.2) is 60.8 Å². The molecule has 0 radical (unpaired) electrons. The minimum atomic E-state index is -0.210. The molecule has 0 spiro atoms. The lowest BCUT2D eigenvalue weighted by Gasteiger charge is -2.32. The van der Waals surface area contributed by atoms with Crippen molar-refractivity contribution in [2.45, 2.75) is 13.3 Å². The standard InChI is InChI=1S/C25H29N5O2/c1-3-19-7-9-22(10-8-19)32-18-25(31)26-21-6-4-5-20(17-21)23-11-12-24(28-27-23)30-15-13-29(2)14-16-30/h4-12,17H,3,13-16,18H2,1-2H3,(H,26,31). The van der Waals surface area contributed by atoms with Crippen LogP contribution in [0, 0.1) is 0 Å². The Bertz CT molecular complexity index is 1030. The van der Waals surface area contributed by atoms with E-state index in [1.807, 2.05) is 60.7 Å². The van der Waals surface area contributed by atoms with Gasteiger partial charge in [0.05, 0.1) is 5.69 Å². The summed E-state index contributed by atoms with van der Waals surface area (Å²) >= 11 is 0. The van der Waals surface area contributed by atoms with Gasteiger partial charge in [0.2, 0.25) is 0 Å². The van der Waals surface area contributed by atoms with E-state index in [9.17, 15) is 4.79 Å². The molecule has 166 valence electrons. The minimum absolute atomic E-state index is 0.0464. The first-order chi connectivity index (χ1) is 15.6. The van der Waals surface area contributed by atoms with Gasteiger partial charge in [-0.3, -0.25) is 4.79 Å². The van der Waals surface area contributed by atoms with Gasteiger partial charge in [0, 0.05) is 37.4 Å². The predicted octanol–water partition coefficient (Wildman–Crippen LogP) is 3.48. The smallest absolute Gasteiger partial charge is 0.262 e. The van der Waals surface area contributed by atoms with Crippen molar-refractivity contribution in [1.29, 1.82) is 0 Å². The van der Waals surface area contributed by atoms with Crippen molar-refractivity contribution in [2.24, 2.45) is 0 Å². The lowest BCUT2D eigenvalue weighted by Crippen LogP contribution is -2.44. The zero-order valence-electron chi connectivity index (χ0n) is 18.6. The first-order valence-electron chi connectivity index (χ1n) is 11.0. The molecule has 0 bridgehead atoms. The molecule has 0 unspecified atom stereocenters. The Morgan fingerprint density at radius 3 is 2.47 bits per heavy atom. The fourth-order valence-electron chi connectivity index (χ4n) is 3.61. The van der Waals surface area contributed by atoms with Crippen molar-refractivity contribution in [3.05, 3.63) is 66.2 Å². The van der Waals surface area contributed by atoms with E-state index in [0.717, 1.165) is 49.7 Å². The van der Waals surface area contributed by atoms with Gasteiger partial charge < -0.3 is 19.9 Å². The van der Waals surface area contributed by atoms with Crippen LogP contribution in [0.1, 0.15) is 12.5 Å². The third kappa shape index (κ3) is 5.62. The highest BCUT2D eigenvalue weighted by molar-refractivity contribution is 5.92. The lowest BCUT2D eigenvalue weighted by molar-refractivity contribution is -0.118. The molecular formula is C25H29N5O2. The van der Waals surface area contributed by atoms with Gasteiger partial charge in [0.15, 0.2) is 12.4 Å². The Labute approximate surface area is 189 Å². The van der Waals surface area contributed by atoms with Crippen LogP contribution in [0.3, 0.4) is 0 Å². The fraction of sp³-hybridized carbons (Fsp3) is 0.320. The number of anilines is 2. The van der Waals surface area contributed by atoms with E-state index < -0.39 is 0 Å². The number of hydrogen-bond donors (Lipinski definition) is 1. The average Bonchev–Trinajstić information content (AvgIpc) is 2.84. The molecule has 1 saturated heterocycles. The summed E-state index contributed by atoms with van der Waals surface area (Å²) in [6.07, 6.45) is 0.972. The van der Waals surface area contributed by atoms with Crippen LogP contribution in [0.4, 0.5) is 11.5 Å².